The first-order valence-corrected chi connectivity index (χ1v) is 12.2. The number of hydrogen-bond donors (Lipinski definition) is 4. The Balaban J connectivity index is 1.45. The van der Waals surface area contributed by atoms with Gasteiger partial charge in [0, 0.05) is 52.4 Å². The first-order valence-electron chi connectivity index (χ1n) is 12.2. The van der Waals surface area contributed by atoms with Crippen molar-refractivity contribution in [1.82, 2.24) is 10.3 Å². The molecule has 0 spiro atoms. The lowest BCUT2D eigenvalue weighted by Crippen LogP contribution is -2.24. The summed E-state index contributed by atoms with van der Waals surface area (Å²) in [5.41, 5.74) is 2.57. The minimum absolute atomic E-state index is 0.0435. The van der Waals surface area contributed by atoms with E-state index >= 15 is 0 Å². The maximum Gasteiger partial charge on any atom is 0.336 e. The monoisotopic (exact) mass is 534 g/mol. The molecule has 2 aliphatic rings. The van der Waals surface area contributed by atoms with Crippen LogP contribution in [-0.2, 0) is 6.42 Å². The van der Waals surface area contributed by atoms with E-state index in [2.05, 4.69) is 22.1 Å². The van der Waals surface area contributed by atoms with E-state index in [1.807, 2.05) is 0 Å². The van der Waals surface area contributed by atoms with E-state index in [1.165, 1.54) is 42.5 Å². The number of carbonyl (C=O) groups excluding carboxylic acids is 1. The van der Waals surface area contributed by atoms with Crippen LogP contribution in [0.3, 0.4) is 0 Å². The van der Waals surface area contributed by atoms with E-state index in [0.29, 0.717) is 34.1 Å². The second-order valence-corrected chi connectivity index (χ2v) is 9.11. The molecule has 3 aromatic rings. The number of pyridine rings is 1. The zero-order valence-electron chi connectivity index (χ0n) is 21.2. The fourth-order valence-corrected chi connectivity index (χ4v) is 4.44. The van der Waals surface area contributed by atoms with Gasteiger partial charge in [0.2, 0.25) is 0 Å². The zero-order chi connectivity index (χ0) is 28.4. The van der Waals surface area contributed by atoms with Crippen LogP contribution in [0.15, 0.2) is 80.9 Å². The Labute approximate surface area is 227 Å². The molecule has 4 N–H and O–H groups in total. The highest BCUT2D eigenvalue weighted by atomic mass is 16.4. The molecule has 1 aromatic heterocycles. The Kier molecular flexibility index (Phi) is 6.91. The summed E-state index contributed by atoms with van der Waals surface area (Å²) in [5.74, 6) is 4.20. The smallest absolute Gasteiger partial charge is 0.336 e. The lowest BCUT2D eigenvalue weighted by atomic mass is 9.90. The molecule has 9 heteroatoms. The van der Waals surface area contributed by atoms with Crippen LogP contribution in [0, 0.1) is 18.8 Å². The van der Waals surface area contributed by atoms with Crippen molar-refractivity contribution in [3.05, 3.63) is 110 Å². The molecule has 1 aliphatic heterocycles. The Morgan fingerprint density at radius 3 is 2.55 bits per heavy atom. The molecule has 0 bridgehead atoms. The Morgan fingerprint density at radius 2 is 1.77 bits per heavy atom. The van der Waals surface area contributed by atoms with Crippen LogP contribution in [0.1, 0.15) is 31.8 Å². The molecule has 0 saturated heterocycles. The van der Waals surface area contributed by atoms with Crippen LogP contribution in [0.25, 0.3) is 33.4 Å². The summed E-state index contributed by atoms with van der Waals surface area (Å²) in [7, 11) is 0. The number of amides is 1. The zero-order valence-corrected chi connectivity index (χ0v) is 21.2. The van der Waals surface area contributed by atoms with E-state index in [-0.39, 0.29) is 45.8 Å². The standard InChI is InChI=1S/C31H22N2O7/c1-17-12-18(16-33-29(17)36)4-2-3-11-32-30(37)19-5-8-22(25(13-19)31(38)39)28-23-9-6-20(34)14-26(23)40-27-15-21(35)7-10-24(27)28/h5-10,12-16,34H,4,11H2,1H3,(H,32,37)(H,33,36)(H,38,39). The first-order chi connectivity index (χ1) is 19.2. The Morgan fingerprint density at radius 1 is 0.975 bits per heavy atom. The molecule has 0 unspecified atom stereocenters. The largest absolute Gasteiger partial charge is 0.508 e. The molecule has 2 heterocycles. The normalized spacial score (nSPS) is 10.7. The number of phenolic OH excluding ortho intramolecular Hbond substituents is 1. The van der Waals surface area contributed by atoms with Crippen molar-refractivity contribution in [3.8, 4) is 40.0 Å². The van der Waals surface area contributed by atoms with Crippen LogP contribution >= 0.6 is 0 Å². The van der Waals surface area contributed by atoms with Crippen LogP contribution < -0.4 is 16.3 Å². The number of aryl methyl sites for hydroxylation is 1. The number of aromatic nitrogens is 1. The first kappa shape index (κ1) is 26.0. The van der Waals surface area contributed by atoms with E-state index in [9.17, 15) is 29.4 Å². The fourth-order valence-electron chi connectivity index (χ4n) is 4.44. The third-order valence-electron chi connectivity index (χ3n) is 6.36. The number of aromatic carboxylic acids is 1. The van der Waals surface area contributed by atoms with Gasteiger partial charge in [0.05, 0.1) is 12.1 Å². The van der Waals surface area contributed by atoms with Gasteiger partial charge < -0.3 is 24.9 Å². The fraction of sp³-hybridized carbons (Fsp3) is 0.0968. The number of aromatic hydroxyl groups is 1. The number of aromatic amines is 1. The molecule has 198 valence electrons. The maximum atomic E-state index is 12.8. The molecule has 0 saturated carbocycles. The number of rotatable bonds is 5. The molecule has 0 fully saturated rings. The van der Waals surface area contributed by atoms with E-state index in [4.69, 9.17) is 4.42 Å². The molecule has 2 aromatic carbocycles. The predicted molar refractivity (Wildman–Crippen MR) is 149 cm³/mol. The predicted octanol–water partition coefficient (Wildman–Crippen LogP) is 3.94. The van der Waals surface area contributed by atoms with E-state index in [1.54, 1.807) is 31.3 Å². The number of nitrogens with one attached hydrogen (secondary N) is 2. The Bertz CT molecular complexity index is 1960. The number of carboxylic acid groups (broad SMARTS) is 1. The number of carboxylic acids is 1. The topological polar surface area (TPSA) is 150 Å². The molecule has 1 amide bonds. The van der Waals surface area contributed by atoms with Gasteiger partial charge in [0.25, 0.3) is 11.5 Å². The van der Waals surface area contributed by atoms with Gasteiger partial charge in [-0.15, -0.1) is 0 Å². The van der Waals surface area contributed by atoms with Crippen molar-refractivity contribution in [1.29, 1.82) is 0 Å². The SMILES string of the molecule is Cc1cc(CC#CCNC(=O)c2ccc(-c3c4ccc(=O)cc-4oc4cc(O)ccc34)c(C(=O)O)c2)c[nH]c1=O. The van der Waals surface area contributed by atoms with Crippen molar-refractivity contribution < 1.29 is 24.2 Å². The summed E-state index contributed by atoms with van der Waals surface area (Å²) in [6.45, 7) is 1.75. The van der Waals surface area contributed by atoms with Gasteiger partial charge >= 0.3 is 5.97 Å². The number of carbonyl (C=O) groups is 2. The minimum Gasteiger partial charge on any atom is -0.508 e. The van der Waals surface area contributed by atoms with Gasteiger partial charge in [-0.05, 0) is 60.5 Å². The molecule has 5 rings (SSSR count). The molecular weight excluding hydrogens is 512 g/mol. The van der Waals surface area contributed by atoms with E-state index < -0.39 is 11.9 Å². The number of H-pyrrole nitrogens is 1. The molecular formula is C31H22N2O7. The van der Waals surface area contributed by atoms with Gasteiger partial charge in [-0.3, -0.25) is 14.4 Å². The van der Waals surface area contributed by atoms with Gasteiger partial charge in [0.15, 0.2) is 5.43 Å². The van der Waals surface area contributed by atoms with Gasteiger partial charge in [-0.2, -0.15) is 0 Å². The van der Waals surface area contributed by atoms with Crippen molar-refractivity contribution in [2.24, 2.45) is 0 Å². The number of phenols is 1. The highest BCUT2D eigenvalue weighted by molar-refractivity contribution is 6.09. The third-order valence-corrected chi connectivity index (χ3v) is 6.36. The van der Waals surface area contributed by atoms with Crippen molar-refractivity contribution >= 4 is 22.8 Å². The van der Waals surface area contributed by atoms with Crippen molar-refractivity contribution in [3.63, 3.8) is 0 Å². The second kappa shape index (κ2) is 10.6. The lowest BCUT2D eigenvalue weighted by molar-refractivity contribution is 0.0697. The molecule has 40 heavy (non-hydrogen) atoms. The van der Waals surface area contributed by atoms with Crippen molar-refractivity contribution in [2.75, 3.05) is 6.54 Å². The van der Waals surface area contributed by atoms with Crippen LogP contribution in [0.2, 0.25) is 0 Å². The summed E-state index contributed by atoms with van der Waals surface area (Å²) in [4.78, 5) is 51.2. The summed E-state index contributed by atoms with van der Waals surface area (Å²) >= 11 is 0. The van der Waals surface area contributed by atoms with Crippen LogP contribution in [0.5, 0.6) is 5.75 Å². The highest BCUT2D eigenvalue weighted by Crippen LogP contribution is 2.42. The quantitative estimate of drug-likeness (QED) is 0.197. The van der Waals surface area contributed by atoms with Gasteiger partial charge in [-0.1, -0.05) is 17.9 Å². The minimum atomic E-state index is -1.25. The van der Waals surface area contributed by atoms with Crippen molar-refractivity contribution in [2.45, 2.75) is 13.3 Å². The number of hydrogen-bond acceptors (Lipinski definition) is 6. The lowest BCUT2D eigenvalue weighted by Gasteiger charge is -2.17. The molecule has 0 atom stereocenters. The van der Waals surface area contributed by atoms with Crippen LogP contribution in [0.4, 0.5) is 0 Å². The summed E-state index contributed by atoms with van der Waals surface area (Å²) in [5, 5.41) is 23.2. The van der Waals surface area contributed by atoms with Gasteiger partial charge in [0.1, 0.15) is 17.1 Å². The number of benzene rings is 3. The maximum absolute atomic E-state index is 12.8. The molecule has 1 aliphatic carbocycles. The number of fused-ring (bicyclic) bond motifs is 2. The highest BCUT2D eigenvalue weighted by Gasteiger charge is 2.23. The summed E-state index contributed by atoms with van der Waals surface area (Å²) in [6, 6.07) is 14.7. The Hall–Kier alpha value is -5.62. The summed E-state index contributed by atoms with van der Waals surface area (Å²) in [6.07, 6.45) is 1.98. The average Bonchev–Trinajstić information content (AvgIpc) is 2.92. The third kappa shape index (κ3) is 5.19. The van der Waals surface area contributed by atoms with E-state index in [0.717, 1.165) is 5.56 Å². The van der Waals surface area contributed by atoms with Crippen LogP contribution in [-0.4, -0.2) is 33.6 Å². The second-order valence-electron chi connectivity index (χ2n) is 9.11. The van der Waals surface area contributed by atoms with Gasteiger partial charge in [-0.25, -0.2) is 4.79 Å². The molecule has 0 radical (unpaired) electrons. The molecule has 9 nitrogen and oxygen atoms in total. The summed E-state index contributed by atoms with van der Waals surface area (Å²) < 4.78 is 5.84. The average molecular weight is 535 g/mol.